The van der Waals surface area contributed by atoms with Crippen molar-refractivity contribution in [2.45, 2.75) is 39.0 Å². The number of rotatable bonds is 4. The fourth-order valence-corrected chi connectivity index (χ4v) is 2.94. The van der Waals surface area contributed by atoms with Gasteiger partial charge in [0, 0.05) is 19.8 Å². The van der Waals surface area contributed by atoms with E-state index in [-0.39, 0.29) is 0 Å². The van der Waals surface area contributed by atoms with Crippen molar-refractivity contribution in [3.05, 3.63) is 23.4 Å². The molecule has 104 valence electrons. The van der Waals surface area contributed by atoms with Crippen LogP contribution in [0.2, 0.25) is 0 Å². The van der Waals surface area contributed by atoms with Gasteiger partial charge in [-0.15, -0.1) is 0 Å². The number of carboxylic acid groups (broad SMARTS) is 1. The van der Waals surface area contributed by atoms with E-state index in [1.807, 2.05) is 18.9 Å². The molecule has 1 aromatic rings. The Morgan fingerprint density at radius 2 is 2.11 bits per heavy atom. The van der Waals surface area contributed by atoms with E-state index in [0.717, 1.165) is 12.1 Å². The number of pyridine rings is 1. The Kier molecular flexibility index (Phi) is 4.40. The normalized spacial score (nSPS) is 16.3. The first-order chi connectivity index (χ1) is 9.09. The van der Waals surface area contributed by atoms with Gasteiger partial charge in [0.15, 0.2) is 0 Å². The molecule has 0 radical (unpaired) electrons. The number of nitrogens with zero attached hydrogens (tertiary/aromatic N) is 2. The van der Waals surface area contributed by atoms with Gasteiger partial charge in [0.2, 0.25) is 0 Å². The van der Waals surface area contributed by atoms with Gasteiger partial charge in [0.05, 0.1) is 0 Å². The minimum atomic E-state index is -0.893. The maximum Gasteiger partial charge on any atom is 0.339 e. The van der Waals surface area contributed by atoms with Crippen LogP contribution < -0.4 is 4.90 Å². The highest BCUT2D eigenvalue weighted by molar-refractivity contribution is 5.94. The summed E-state index contributed by atoms with van der Waals surface area (Å²) in [7, 11) is 1.95. The second kappa shape index (κ2) is 6.04. The predicted octanol–water partition coefficient (Wildman–Crippen LogP) is 3.10. The second-order valence-corrected chi connectivity index (χ2v) is 5.52. The van der Waals surface area contributed by atoms with E-state index in [1.165, 1.54) is 32.1 Å². The molecule has 0 aromatic carbocycles. The number of aromatic nitrogens is 1. The largest absolute Gasteiger partial charge is 0.478 e. The maximum absolute atomic E-state index is 11.4. The van der Waals surface area contributed by atoms with E-state index in [0.29, 0.717) is 17.3 Å². The molecule has 0 spiro atoms. The summed E-state index contributed by atoms with van der Waals surface area (Å²) in [4.78, 5) is 17.7. The fourth-order valence-electron chi connectivity index (χ4n) is 2.94. The molecule has 4 nitrogen and oxygen atoms in total. The van der Waals surface area contributed by atoms with Crippen molar-refractivity contribution in [3.8, 4) is 0 Å². The minimum Gasteiger partial charge on any atom is -0.478 e. The van der Waals surface area contributed by atoms with E-state index in [1.54, 1.807) is 12.3 Å². The molecule has 2 rings (SSSR count). The van der Waals surface area contributed by atoms with Crippen molar-refractivity contribution < 1.29 is 9.90 Å². The van der Waals surface area contributed by atoms with Gasteiger partial charge in [-0.05, 0) is 37.3 Å². The van der Waals surface area contributed by atoms with E-state index >= 15 is 0 Å². The van der Waals surface area contributed by atoms with Crippen LogP contribution in [0.1, 0.15) is 48.0 Å². The molecule has 1 aliphatic rings. The number of anilines is 1. The molecule has 1 aromatic heterocycles. The summed E-state index contributed by atoms with van der Waals surface area (Å²) in [5, 5.41) is 9.33. The molecule has 0 aliphatic heterocycles. The Bertz CT molecular complexity index is 453. The van der Waals surface area contributed by atoms with Crippen molar-refractivity contribution in [1.82, 2.24) is 4.98 Å². The Morgan fingerprint density at radius 3 is 2.74 bits per heavy atom. The molecule has 0 atom stereocenters. The molecular formula is C15H22N2O2. The van der Waals surface area contributed by atoms with Crippen LogP contribution in [0.15, 0.2) is 12.3 Å². The molecule has 0 saturated heterocycles. The number of aryl methyl sites for hydroxylation is 1. The third-order valence-electron chi connectivity index (χ3n) is 3.97. The summed E-state index contributed by atoms with van der Waals surface area (Å²) in [6.07, 6.45) is 8.12. The first kappa shape index (κ1) is 13.8. The van der Waals surface area contributed by atoms with Crippen molar-refractivity contribution in [3.63, 3.8) is 0 Å². The molecule has 4 heteroatoms. The SMILES string of the molecule is Cc1ccnc(N(C)CC2CCCCC2)c1C(=O)O. The summed E-state index contributed by atoms with van der Waals surface area (Å²) in [5.74, 6) is 0.372. The van der Waals surface area contributed by atoms with Gasteiger partial charge in [-0.25, -0.2) is 9.78 Å². The number of carboxylic acids is 1. The highest BCUT2D eigenvalue weighted by Crippen LogP contribution is 2.27. The topological polar surface area (TPSA) is 53.4 Å². The molecule has 1 aliphatic carbocycles. The Balaban J connectivity index is 2.16. The van der Waals surface area contributed by atoms with Crippen molar-refractivity contribution >= 4 is 11.8 Å². The quantitative estimate of drug-likeness (QED) is 0.906. The molecule has 0 unspecified atom stereocenters. The third kappa shape index (κ3) is 3.25. The zero-order valence-corrected chi connectivity index (χ0v) is 11.7. The molecule has 1 saturated carbocycles. The Hall–Kier alpha value is -1.58. The number of aromatic carboxylic acids is 1. The van der Waals surface area contributed by atoms with E-state index in [4.69, 9.17) is 0 Å². The number of hydrogen-bond donors (Lipinski definition) is 1. The third-order valence-corrected chi connectivity index (χ3v) is 3.97. The summed E-state index contributed by atoms with van der Waals surface area (Å²) in [5.41, 5.74) is 1.11. The molecule has 1 N–H and O–H groups in total. The average molecular weight is 262 g/mol. The average Bonchev–Trinajstić information content (AvgIpc) is 2.39. The molecular weight excluding hydrogens is 240 g/mol. The van der Waals surface area contributed by atoms with Gasteiger partial charge in [0.25, 0.3) is 0 Å². The van der Waals surface area contributed by atoms with Gasteiger partial charge in [0.1, 0.15) is 11.4 Å². The molecule has 19 heavy (non-hydrogen) atoms. The van der Waals surface area contributed by atoms with Crippen molar-refractivity contribution in [2.24, 2.45) is 5.92 Å². The van der Waals surface area contributed by atoms with Gasteiger partial charge in [-0.3, -0.25) is 0 Å². The lowest BCUT2D eigenvalue weighted by molar-refractivity contribution is 0.0696. The highest BCUT2D eigenvalue weighted by atomic mass is 16.4. The summed E-state index contributed by atoms with van der Waals surface area (Å²) in [6, 6.07) is 1.75. The molecule has 1 fully saturated rings. The van der Waals surface area contributed by atoms with Crippen LogP contribution in [-0.4, -0.2) is 29.7 Å². The van der Waals surface area contributed by atoms with E-state index < -0.39 is 5.97 Å². The van der Waals surface area contributed by atoms with Gasteiger partial charge < -0.3 is 10.0 Å². The molecule has 1 heterocycles. The van der Waals surface area contributed by atoms with Crippen LogP contribution in [0.25, 0.3) is 0 Å². The van der Waals surface area contributed by atoms with E-state index in [2.05, 4.69) is 4.98 Å². The van der Waals surface area contributed by atoms with Gasteiger partial charge in [-0.1, -0.05) is 19.3 Å². The summed E-state index contributed by atoms with van der Waals surface area (Å²) >= 11 is 0. The van der Waals surface area contributed by atoms with Crippen LogP contribution in [0.4, 0.5) is 5.82 Å². The fraction of sp³-hybridized carbons (Fsp3) is 0.600. The van der Waals surface area contributed by atoms with Crippen LogP contribution in [-0.2, 0) is 0 Å². The Labute approximate surface area is 114 Å². The van der Waals surface area contributed by atoms with Crippen molar-refractivity contribution in [2.75, 3.05) is 18.5 Å². The lowest BCUT2D eigenvalue weighted by Gasteiger charge is -2.28. The van der Waals surface area contributed by atoms with E-state index in [9.17, 15) is 9.90 Å². The number of carbonyl (C=O) groups is 1. The minimum absolute atomic E-state index is 0.334. The van der Waals surface area contributed by atoms with Gasteiger partial charge in [-0.2, -0.15) is 0 Å². The highest BCUT2D eigenvalue weighted by Gasteiger charge is 2.21. The first-order valence-electron chi connectivity index (χ1n) is 6.99. The summed E-state index contributed by atoms with van der Waals surface area (Å²) < 4.78 is 0. The van der Waals surface area contributed by atoms with Crippen LogP contribution in [0.5, 0.6) is 0 Å². The summed E-state index contributed by atoms with van der Waals surface area (Å²) in [6.45, 7) is 2.72. The van der Waals surface area contributed by atoms with Crippen LogP contribution in [0, 0.1) is 12.8 Å². The molecule has 0 amide bonds. The van der Waals surface area contributed by atoms with Gasteiger partial charge >= 0.3 is 5.97 Å². The maximum atomic E-state index is 11.4. The van der Waals surface area contributed by atoms with Crippen LogP contribution >= 0.6 is 0 Å². The lowest BCUT2D eigenvalue weighted by Crippen LogP contribution is -2.29. The zero-order chi connectivity index (χ0) is 13.8. The first-order valence-corrected chi connectivity index (χ1v) is 6.99. The standard InChI is InChI=1S/C15H22N2O2/c1-11-8-9-16-14(13(11)15(18)19)17(2)10-12-6-4-3-5-7-12/h8-9,12H,3-7,10H2,1-2H3,(H,18,19). The zero-order valence-electron chi connectivity index (χ0n) is 11.7. The van der Waals surface area contributed by atoms with Crippen molar-refractivity contribution in [1.29, 1.82) is 0 Å². The monoisotopic (exact) mass is 262 g/mol. The van der Waals surface area contributed by atoms with Crippen LogP contribution in [0.3, 0.4) is 0 Å². The number of hydrogen-bond acceptors (Lipinski definition) is 3. The Morgan fingerprint density at radius 1 is 1.42 bits per heavy atom. The predicted molar refractivity (Wildman–Crippen MR) is 75.8 cm³/mol. The smallest absolute Gasteiger partial charge is 0.339 e. The second-order valence-electron chi connectivity index (χ2n) is 5.52. The lowest BCUT2D eigenvalue weighted by atomic mass is 9.89. The molecule has 0 bridgehead atoms.